The van der Waals surface area contributed by atoms with E-state index in [4.69, 9.17) is 19.2 Å². The van der Waals surface area contributed by atoms with Gasteiger partial charge in [-0.3, -0.25) is 0 Å². The van der Waals surface area contributed by atoms with Crippen LogP contribution in [-0.4, -0.2) is 197 Å². The van der Waals surface area contributed by atoms with Crippen molar-refractivity contribution >= 4 is 7.82 Å². The average molecular weight is 1960 g/mol. The maximum absolute atomic E-state index is 8.55. The van der Waals surface area contributed by atoms with E-state index in [1.165, 1.54) is 0 Å². The zero-order valence-corrected chi connectivity index (χ0v) is 59.0. The summed E-state index contributed by atoms with van der Waals surface area (Å²) in [5.74, 6) is 0. The van der Waals surface area contributed by atoms with Gasteiger partial charge in [-0.25, -0.2) is 0 Å². The molecule has 0 spiro atoms. The third-order valence-electron chi connectivity index (χ3n) is 0. The van der Waals surface area contributed by atoms with Gasteiger partial charge in [0, 0.05) is 253 Å². The van der Waals surface area contributed by atoms with Crippen LogP contribution in [0.4, 0.5) is 0 Å². The Morgan fingerprint density at radius 3 is 0.161 bits per heavy atom. The third-order valence-corrected chi connectivity index (χ3v) is 0. The summed E-state index contributed by atoms with van der Waals surface area (Å²) in [7, 11) is -5.39. The predicted molar refractivity (Wildman–Crippen MR) is 138 cm³/mol. The van der Waals surface area contributed by atoms with Crippen LogP contribution in [0.3, 0.4) is 0 Å². The first-order chi connectivity index (χ1) is 2.00. The van der Waals surface area contributed by atoms with Crippen molar-refractivity contribution in [2.75, 3.05) is 0 Å². The molecule has 392 valence electrons. The molecule has 56 heteroatoms. The summed E-state index contributed by atoms with van der Waals surface area (Å²) in [5.41, 5.74) is 0. The van der Waals surface area contributed by atoms with Crippen molar-refractivity contribution in [1.82, 2.24) is 0 Å². The molecule has 0 amide bonds. The maximum atomic E-state index is 8.55. The molecule has 0 aliphatic rings. The normalized spacial score (nSPS) is 1.05. The SMILES string of the molecule is O.O.O.O.O.O.O.O.O.O.O.O.O.O.O.O.O.O.O.O.O.O.O.O.O.O.O.O.O.O.O.O.O.O.O.O.O=P([O-])([O-])[O-].[Mo].[Mo].[Mo].[Mo].[Mo].[Mo].[Mo].[Mo].[Mo].[Mo].[Mo].[Mo].[Na+].[Na+].[Na+]. The Bertz CT molecular complexity index is 111. The third kappa shape index (κ3) is 2570. The molecular formula is H72Mo12Na3O40P. The average Bonchev–Trinajstić information content (AvgIpc) is 0.722. The summed E-state index contributed by atoms with van der Waals surface area (Å²) in [6.07, 6.45) is 0. The Balaban J connectivity index is -0.0000000000627. The van der Waals surface area contributed by atoms with Gasteiger partial charge in [-0.05, 0) is 0 Å². The van der Waals surface area contributed by atoms with Crippen molar-refractivity contribution in [2.45, 2.75) is 0 Å². The minimum Gasteiger partial charge on any atom is -0.822 e. The summed E-state index contributed by atoms with van der Waals surface area (Å²) < 4.78 is 8.55. The van der Waals surface area contributed by atoms with Gasteiger partial charge in [-0.15, -0.1) is 0 Å². The molecule has 0 radical (unpaired) electrons. The van der Waals surface area contributed by atoms with E-state index in [1.54, 1.807) is 0 Å². The van der Waals surface area contributed by atoms with Crippen LogP contribution in [-0.2, 0) is 257 Å². The largest absolute Gasteiger partial charge is 1.00 e. The van der Waals surface area contributed by atoms with E-state index >= 15 is 0 Å². The number of hydrogen-bond acceptors (Lipinski definition) is 4. The van der Waals surface area contributed by atoms with Crippen LogP contribution in [0, 0.1) is 0 Å². The smallest absolute Gasteiger partial charge is 0.822 e. The van der Waals surface area contributed by atoms with E-state index in [0.29, 0.717) is 0 Å². The van der Waals surface area contributed by atoms with E-state index in [2.05, 4.69) is 0 Å². The number of hydrogen-bond donors (Lipinski definition) is 0. The monoisotopic (exact) mass is 1990 g/mol. The molecule has 0 aliphatic carbocycles. The van der Waals surface area contributed by atoms with Gasteiger partial charge in [-0.2, -0.15) is 7.82 Å². The number of rotatable bonds is 0. The molecule has 0 rings (SSSR count). The van der Waals surface area contributed by atoms with Crippen molar-refractivity contribution in [3.05, 3.63) is 0 Å². The molecule has 0 aromatic heterocycles. The standard InChI is InChI=1S/12Mo.3Na.H3O4P.36H2O/c;;;;;;;;;;;;;;;1-5(2,3)4;;;;;;;;;;;;;;;;;;;;;;;;;;;;;;;;;;;;/h;;;;;;;;;;;;;;;(H3,1,2,3,4);36*1H2/q;;;;;;;;;;;;3*+1;;;;;;;;;;;;;;;;;;;;;;;;;;;;;;;;;;;;;/p-3. The van der Waals surface area contributed by atoms with Gasteiger partial charge in [-0.1, -0.05) is 0 Å². The van der Waals surface area contributed by atoms with E-state index in [0.717, 1.165) is 0 Å². The van der Waals surface area contributed by atoms with Crippen LogP contribution in [0.1, 0.15) is 0 Å². The molecule has 0 aliphatic heterocycles. The molecule has 0 saturated carbocycles. The fraction of sp³-hybridized carbons (Fsp3) is 0. The fourth-order valence-corrected chi connectivity index (χ4v) is 0. The molecule has 56 heavy (non-hydrogen) atoms. The molecular weight excluding hydrogens is 1890 g/mol. The summed E-state index contributed by atoms with van der Waals surface area (Å²) >= 11 is 0. The van der Waals surface area contributed by atoms with Crippen molar-refractivity contribution < 1.29 is 558 Å². The second-order valence-corrected chi connectivity index (χ2v) is 1.34. The molecule has 0 aromatic carbocycles. The van der Waals surface area contributed by atoms with Gasteiger partial charge in [0.15, 0.2) is 0 Å². The zero-order chi connectivity index (χ0) is 4.50. The van der Waals surface area contributed by atoms with Gasteiger partial charge in [0.05, 0.1) is 0 Å². The maximum Gasteiger partial charge on any atom is 1.00 e. The predicted octanol–water partition coefficient (Wildman–Crippen LogP) is -41.5. The van der Waals surface area contributed by atoms with E-state index in [9.17, 15) is 0 Å². The number of phosphoric acid groups is 1. The Labute approximate surface area is 556 Å². The fourth-order valence-electron chi connectivity index (χ4n) is 0. The van der Waals surface area contributed by atoms with Gasteiger partial charge in [0.2, 0.25) is 0 Å². The van der Waals surface area contributed by atoms with E-state index in [-0.39, 0.29) is 539 Å². The Morgan fingerprint density at radius 2 is 0.161 bits per heavy atom. The first kappa shape index (κ1) is 1430. The van der Waals surface area contributed by atoms with Gasteiger partial charge < -0.3 is 216 Å². The van der Waals surface area contributed by atoms with Crippen LogP contribution in [0.15, 0.2) is 0 Å². The van der Waals surface area contributed by atoms with Crippen LogP contribution < -0.4 is 103 Å². The van der Waals surface area contributed by atoms with Crippen molar-refractivity contribution in [3.63, 3.8) is 0 Å². The summed E-state index contributed by atoms with van der Waals surface area (Å²) in [4.78, 5) is 25.6. The molecule has 0 heterocycles. The van der Waals surface area contributed by atoms with E-state index in [1.807, 2.05) is 0 Å². The first-order valence-electron chi connectivity index (χ1n) is 0.730. The quantitative estimate of drug-likeness (QED) is 0.168. The minimum absolute atomic E-state index is 0. The molecule has 40 nitrogen and oxygen atoms in total. The topological polar surface area (TPSA) is 1220 Å². The second kappa shape index (κ2) is 1050. The Hall–Kier alpha value is 9.93. The molecule has 0 aromatic rings. The molecule has 0 saturated heterocycles. The minimum atomic E-state index is -5.39. The van der Waals surface area contributed by atoms with Crippen LogP contribution in [0.25, 0.3) is 0 Å². The van der Waals surface area contributed by atoms with Crippen LogP contribution in [0.2, 0.25) is 0 Å². The molecule has 0 fully saturated rings. The van der Waals surface area contributed by atoms with Crippen molar-refractivity contribution in [1.29, 1.82) is 0 Å². The summed E-state index contributed by atoms with van der Waals surface area (Å²) in [6.45, 7) is 0. The van der Waals surface area contributed by atoms with Crippen molar-refractivity contribution in [2.24, 2.45) is 0 Å². The Kier molecular flexibility index (Phi) is 26800. The van der Waals surface area contributed by atoms with E-state index < -0.39 is 7.82 Å². The van der Waals surface area contributed by atoms with Crippen LogP contribution in [0.5, 0.6) is 0 Å². The summed E-state index contributed by atoms with van der Waals surface area (Å²) in [5, 5.41) is 0. The van der Waals surface area contributed by atoms with Gasteiger partial charge in [0.25, 0.3) is 0 Å². The molecule has 0 unspecified atom stereocenters. The van der Waals surface area contributed by atoms with Gasteiger partial charge in [0.1, 0.15) is 0 Å². The first-order valence-corrected chi connectivity index (χ1v) is 2.19. The molecule has 72 N–H and O–H groups in total. The Morgan fingerprint density at radius 1 is 0.161 bits per heavy atom. The van der Waals surface area contributed by atoms with Crippen molar-refractivity contribution in [3.8, 4) is 0 Å². The van der Waals surface area contributed by atoms with Crippen LogP contribution >= 0.6 is 7.82 Å². The molecule has 0 bridgehead atoms. The zero-order valence-electron chi connectivity index (χ0n) is 28.0. The second-order valence-electron chi connectivity index (χ2n) is 0.447. The van der Waals surface area contributed by atoms with Gasteiger partial charge >= 0.3 is 88.7 Å². The molecule has 0 atom stereocenters. The summed E-state index contributed by atoms with van der Waals surface area (Å²) in [6, 6.07) is 0.